The van der Waals surface area contributed by atoms with Gasteiger partial charge >= 0.3 is 0 Å². The third-order valence-corrected chi connectivity index (χ3v) is 3.53. The number of benzene rings is 1. The molecule has 0 saturated heterocycles. The quantitative estimate of drug-likeness (QED) is 0.818. The fourth-order valence-electron chi connectivity index (χ4n) is 2.59. The Hall–Kier alpha value is -1.39. The molecular formula is C15H22N2O2. The summed E-state index contributed by atoms with van der Waals surface area (Å²) in [7, 11) is 0. The molecule has 0 fully saturated rings. The van der Waals surface area contributed by atoms with Crippen molar-refractivity contribution in [1.29, 1.82) is 0 Å². The summed E-state index contributed by atoms with van der Waals surface area (Å²) in [5, 5.41) is 0. The predicted octanol–water partition coefficient (Wildman–Crippen LogP) is 1.50. The summed E-state index contributed by atoms with van der Waals surface area (Å²) in [4.78, 5) is 14.1. The van der Waals surface area contributed by atoms with Gasteiger partial charge in [-0.25, -0.2) is 0 Å². The van der Waals surface area contributed by atoms with E-state index in [9.17, 15) is 4.79 Å². The maximum Gasteiger partial charge on any atom is 0.249 e. The topological polar surface area (TPSA) is 55.6 Å². The Morgan fingerprint density at radius 3 is 3.00 bits per heavy atom. The second kappa shape index (κ2) is 6.68. The van der Waals surface area contributed by atoms with E-state index < -0.39 is 0 Å². The summed E-state index contributed by atoms with van der Waals surface area (Å²) in [5.74, 6) is 0.0402. The minimum atomic E-state index is -0.0114. The Bertz CT molecular complexity index is 434. The van der Waals surface area contributed by atoms with Crippen LogP contribution in [0.3, 0.4) is 0 Å². The Morgan fingerprint density at radius 2 is 2.26 bits per heavy atom. The first-order chi connectivity index (χ1) is 9.27. The van der Waals surface area contributed by atoms with E-state index in [4.69, 9.17) is 10.5 Å². The summed E-state index contributed by atoms with van der Waals surface area (Å²) in [6.07, 6.45) is 1.82. The molecule has 4 nitrogen and oxygen atoms in total. The van der Waals surface area contributed by atoms with E-state index in [1.807, 2.05) is 24.0 Å². The number of hydrogen-bond acceptors (Lipinski definition) is 3. The van der Waals surface area contributed by atoms with Crippen LogP contribution in [0.15, 0.2) is 24.3 Å². The maximum absolute atomic E-state index is 12.2. The minimum Gasteiger partial charge on any atom is -0.372 e. The van der Waals surface area contributed by atoms with Gasteiger partial charge in [0, 0.05) is 19.7 Å². The van der Waals surface area contributed by atoms with Gasteiger partial charge in [-0.2, -0.15) is 0 Å². The van der Waals surface area contributed by atoms with Gasteiger partial charge in [-0.1, -0.05) is 31.2 Å². The van der Waals surface area contributed by atoms with Gasteiger partial charge in [0.05, 0.1) is 6.04 Å². The first-order valence-corrected chi connectivity index (χ1v) is 6.93. The van der Waals surface area contributed by atoms with E-state index in [0.29, 0.717) is 13.2 Å². The molecular weight excluding hydrogens is 240 g/mol. The highest BCUT2D eigenvalue weighted by atomic mass is 16.5. The van der Waals surface area contributed by atoms with E-state index >= 15 is 0 Å². The van der Waals surface area contributed by atoms with Crippen molar-refractivity contribution in [3.8, 4) is 0 Å². The normalized spacial score (nSPS) is 18.2. The second-order valence-electron chi connectivity index (χ2n) is 4.84. The number of nitrogens with two attached hydrogens (primary N) is 1. The van der Waals surface area contributed by atoms with E-state index in [1.165, 1.54) is 11.1 Å². The number of ether oxygens (including phenoxy) is 1. The lowest BCUT2D eigenvalue weighted by Crippen LogP contribution is -2.44. The molecule has 1 aliphatic rings. The van der Waals surface area contributed by atoms with E-state index in [-0.39, 0.29) is 18.6 Å². The maximum atomic E-state index is 12.2. The number of fused-ring (bicyclic) bond motifs is 1. The molecule has 1 atom stereocenters. The van der Waals surface area contributed by atoms with Crippen LogP contribution in [0.25, 0.3) is 0 Å². The zero-order valence-corrected chi connectivity index (χ0v) is 11.5. The summed E-state index contributed by atoms with van der Waals surface area (Å²) in [6, 6.07) is 8.21. The molecule has 4 heteroatoms. The van der Waals surface area contributed by atoms with Gasteiger partial charge in [0.25, 0.3) is 0 Å². The zero-order chi connectivity index (χ0) is 13.7. The number of amides is 1. The fraction of sp³-hybridized carbons (Fsp3) is 0.533. The van der Waals surface area contributed by atoms with Crippen molar-refractivity contribution in [2.45, 2.75) is 25.8 Å². The predicted molar refractivity (Wildman–Crippen MR) is 74.8 cm³/mol. The molecule has 0 spiro atoms. The van der Waals surface area contributed by atoms with Crippen molar-refractivity contribution < 1.29 is 9.53 Å². The molecule has 0 saturated carbocycles. The van der Waals surface area contributed by atoms with Gasteiger partial charge in [0.15, 0.2) is 0 Å². The largest absolute Gasteiger partial charge is 0.372 e. The zero-order valence-electron chi connectivity index (χ0n) is 11.5. The highest BCUT2D eigenvalue weighted by Crippen LogP contribution is 2.28. The lowest BCUT2D eigenvalue weighted by Gasteiger charge is -2.36. The third kappa shape index (κ3) is 3.14. The van der Waals surface area contributed by atoms with Crippen LogP contribution < -0.4 is 5.73 Å². The van der Waals surface area contributed by atoms with Crippen LogP contribution in [0.5, 0.6) is 0 Å². The smallest absolute Gasteiger partial charge is 0.249 e. The average molecular weight is 262 g/mol. The molecule has 2 N–H and O–H groups in total. The fourth-order valence-corrected chi connectivity index (χ4v) is 2.59. The molecule has 104 valence electrons. The molecule has 1 aromatic carbocycles. The Labute approximate surface area is 114 Å². The van der Waals surface area contributed by atoms with Gasteiger partial charge in [0.2, 0.25) is 5.91 Å². The molecule has 1 heterocycles. The molecule has 1 amide bonds. The molecule has 1 unspecified atom stereocenters. The Morgan fingerprint density at radius 1 is 1.47 bits per heavy atom. The first kappa shape index (κ1) is 14.0. The molecule has 19 heavy (non-hydrogen) atoms. The van der Waals surface area contributed by atoms with E-state index in [0.717, 1.165) is 19.4 Å². The van der Waals surface area contributed by atoms with Crippen LogP contribution in [0, 0.1) is 0 Å². The SMILES string of the molecule is CCCOCC(=O)N1CCc2ccccc2C1CN. The molecule has 0 bridgehead atoms. The highest BCUT2D eigenvalue weighted by molar-refractivity contribution is 5.78. The lowest BCUT2D eigenvalue weighted by molar-refractivity contribution is -0.139. The van der Waals surface area contributed by atoms with Gasteiger partial charge in [-0.05, 0) is 24.0 Å². The van der Waals surface area contributed by atoms with Crippen molar-refractivity contribution in [3.63, 3.8) is 0 Å². The van der Waals surface area contributed by atoms with Crippen LogP contribution in [-0.2, 0) is 16.0 Å². The van der Waals surface area contributed by atoms with Crippen LogP contribution in [-0.4, -0.2) is 37.1 Å². The second-order valence-corrected chi connectivity index (χ2v) is 4.84. The summed E-state index contributed by atoms with van der Waals surface area (Å²) < 4.78 is 5.35. The van der Waals surface area contributed by atoms with Crippen molar-refractivity contribution in [1.82, 2.24) is 4.90 Å². The Balaban J connectivity index is 2.09. The number of carbonyl (C=O) groups is 1. The highest BCUT2D eigenvalue weighted by Gasteiger charge is 2.29. The van der Waals surface area contributed by atoms with Gasteiger partial charge in [-0.15, -0.1) is 0 Å². The summed E-state index contributed by atoms with van der Waals surface area (Å²) >= 11 is 0. The number of nitrogens with zero attached hydrogens (tertiary/aromatic N) is 1. The Kier molecular flexibility index (Phi) is 4.93. The van der Waals surface area contributed by atoms with Crippen LogP contribution in [0.1, 0.15) is 30.5 Å². The molecule has 0 radical (unpaired) electrons. The van der Waals surface area contributed by atoms with Gasteiger partial charge in [0.1, 0.15) is 6.61 Å². The molecule has 0 aliphatic carbocycles. The molecule has 1 aliphatic heterocycles. The van der Waals surface area contributed by atoms with Crippen molar-refractivity contribution in [2.75, 3.05) is 26.3 Å². The van der Waals surface area contributed by atoms with Crippen molar-refractivity contribution in [3.05, 3.63) is 35.4 Å². The number of hydrogen-bond donors (Lipinski definition) is 1. The first-order valence-electron chi connectivity index (χ1n) is 6.93. The van der Waals surface area contributed by atoms with E-state index in [1.54, 1.807) is 0 Å². The van der Waals surface area contributed by atoms with Crippen LogP contribution in [0.2, 0.25) is 0 Å². The van der Waals surface area contributed by atoms with Gasteiger partial charge < -0.3 is 15.4 Å². The van der Waals surface area contributed by atoms with E-state index in [2.05, 4.69) is 12.1 Å². The van der Waals surface area contributed by atoms with Crippen molar-refractivity contribution >= 4 is 5.91 Å². The summed E-state index contributed by atoms with van der Waals surface area (Å²) in [6.45, 7) is 4.00. The minimum absolute atomic E-state index is 0.0114. The van der Waals surface area contributed by atoms with Crippen LogP contribution >= 0.6 is 0 Å². The van der Waals surface area contributed by atoms with Crippen LogP contribution in [0.4, 0.5) is 0 Å². The standard InChI is InChI=1S/C15H22N2O2/c1-2-9-19-11-15(18)17-8-7-12-5-3-4-6-13(12)14(17)10-16/h3-6,14H,2,7-11,16H2,1H3. The monoisotopic (exact) mass is 262 g/mol. The lowest BCUT2D eigenvalue weighted by atomic mass is 9.92. The molecule has 1 aromatic rings. The average Bonchev–Trinajstić information content (AvgIpc) is 2.46. The number of rotatable bonds is 5. The van der Waals surface area contributed by atoms with Crippen molar-refractivity contribution in [2.24, 2.45) is 5.73 Å². The molecule has 0 aromatic heterocycles. The molecule has 2 rings (SSSR count). The van der Waals surface area contributed by atoms with Gasteiger partial charge in [-0.3, -0.25) is 4.79 Å². The third-order valence-electron chi connectivity index (χ3n) is 3.53. The number of carbonyl (C=O) groups excluding carboxylic acids is 1. The summed E-state index contributed by atoms with van der Waals surface area (Å²) in [5.41, 5.74) is 8.35.